The van der Waals surface area contributed by atoms with E-state index in [1.165, 1.54) is 57.8 Å². The van der Waals surface area contributed by atoms with Crippen LogP contribution in [0.1, 0.15) is 90.9 Å². The van der Waals surface area contributed by atoms with Gasteiger partial charge in [0.15, 0.2) is 6.10 Å². The lowest BCUT2D eigenvalue weighted by Gasteiger charge is -2.06. The number of aliphatic hydroxyl groups is 1. The number of aliphatic carboxylic acids is 1. The Bertz CT molecular complexity index is 313. The van der Waals surface area contributed by atoms with Crippen molar-refractivity contribution in [1.29, 1.82) is 0 Å². The topological polar surface area (TPSA) is 66.8 Å². The summed E-state index contributed by atoms with van der Waals surface area (Å²) in [6.45, 7) is 5.07. The molecule has 1 atom stereocenters. The van der Waals surface area contributed by atoms with Crippen molar-refractivity contribution in [2.75, 3.05) is 6.61 Å². The number of hydrogen-bond donors (Lipinski definition) is 2. The van der Waals surface area contributed by atoms with E-state index in [4.69, 9.17) is 14.9 Å². The van der Waals surface area contributed by atoms with Gasteiger partial charge < -0.3 is 14.9 Å². The zero-order valence-electron chi connectivity index (χ0n) is 15.7. The highest BCUT2D eigenvalue weighted by Gasteiger charge is 2.09. The lowest BCUT2D eigenvalue weighted by Crippen LogP contribution is -2.17. The number of allylic oxidation sites excluding steroid dienone is 1. The molecule has 0 saturated heterocycles. The minimum absolute atomic E-state index is 0.207. The van der Waals surface area contributed by atoms with Crippen LogP contribution in [0.2, 0.25) is 0 Å². The maximum absolute atomic E-state index is 10.4. The molecule has 0 heterocycles. The van der Waals surface area contributed by atoms with Gasteiger partial charge in [0.1, 0.15) is 0 Å². The lowest BCUT2D eigenvalue weighted by atomic mass is 10.1. The van der Waals surface area contributed by atoms with Crippen molar-refractivity contribution in [3.63, 3.8) is 0 Å². The first-order valence-electron chi connectivity index (χ1n) is 9.71. The van der Waals surface area contributed by atoms with Gasteiger partial charge in [0, 0.05) is 13.0 Å². The van der Waals surface area contributed by atoms with E-state index in [0.29, 0.717) is 6.10 Å². The number of rotatable bonds is 17. The summed E-state index contributed by atoms with van der Waals surface area (Å²) in [4.78, 5) is 10.4. The van der Waals surface area contributed by atoms with Gasteiger partial charge in [-0.15, -0.1) is 0 Å². The molecular weight excluding hydrogens is 304 g/mol. The van der Waals surface area contributed by atoms with E-state index in [2.05, 4.69) is 13.8 Å². The summed E-state index contributed by atoms with van der Waals surface area (Å²) in [5.41, 5.74) is 0. The standard InChI is InChI=1S/C20H38O4/c1-18(2)24-17-15-13-11-9-7-5-3-4-6-8-10-12-14-16-19(21)20(22)23/h12,14,18-19,21H,3-11,13,15-17H2,1-2H3,(H,22,23). The van der Waals surface area contributed by atoms with Crippen molar-refractivity contribution in [3.8, 4) is 0 Å². The van der Waals surface area contributed by atoms with Crippen molar-refractivity contribution in [2.24, 2.45) is 0 Å². The van der Waals surface area contributed by atoms with Crippen LogP contribution < -0.4 is 0 Å². The fourth-order valence-electron chi connectivity index (χ4n) is 2.54. The van der Waals surface area contributed by atoms with Crippen molar-refractivity contribution >= 4 is 5.97 Å². The van der Waals surface area contributed by atoms with Gasteiger partial charge in [-0.25, -0.2) is 4.79 Å². The molecule has 0 aromatic heterocycles. The molecule has 0 aromatic carbocycles. The first-order valence-corrected chi connectivity index (χ1v) is 9.71. The van der Waals surface area contributed by atoms with Crippen LogP contribution >= 0.6 is 0 Å². The number of carboxylic acids is 1. The van der Waals surface area contributed by atoms with E-state index in [-0.39, 0.29) is 6.42 Å². The molecule has 0 amide bonds. The second-order valence-corrected chi connectivity index (χ2v) is 6.80. The number of aliphatic hydroxyl groups excluding tert-OH is 1. The average Bonchev–Trinajstić information content (AvgIpc) is 2.53. The van der Waals surface area contributed by atoms with Gasteiger partial charge in [-0.3, -0.25) is 0 Å². The van der Waals surface area contributed by atoms with Crippen molar-refractivity contribution < 1.29 is 19.7 Å². The molecule has 0 aliphatic rings. The summed E-state index contributed by atoms with van der Waals surface area (Å²) in [6.07, 6.45) is 16.8. The van der Waals surface area contributed by atoms with Crippen LogP contribution in [0.25, 0.3) is 0 Å². The third kappa shape index (κ3) is 17.5. The average molecular weight is 343 g/mol. The van der Waals surface area contributed by atoms with E-state index in [9.17, 15) is 4.79 Å². The number of ether oxygens (including phenoxy) is 1. The van der Waals surface area contributed by atoms with E-state index >= 15 is 0 Å². The Hall–Kier alpha value is -0.870. The fourth-order valence-corrected chi connectivity index (χ4v) is 2.54. The molecule has 0 fully saturated rings. The molecule has 1 unspecified atom stereocenters. The Labute approximate surface area is 148 Å². The summed E-state index contributed by atoms with van der Waals surface area (Å²) in [5.74, 6) is -1.15. The number of unbranched alkanes of at least 4 members (excludes halogenated alkanes) is 10. The predicted octanol–water partition coefficient (Wildman–Crippen LogP) is 5.09. The molecule has 0 aliphatic carbocycles. The van der Waals surface area contributed by atoms with Gasteiger partial charge in [-0.1, -0.05) is 63.5 Å². The minimum Gasteiger partial charge on any atom is -0.479 e. The molecule has 0 aromatic rings. The first-order chi connectivity index (χ1) is 11.5. The number of carboxylic acid groups (broad SMARTS) is 1. The highest BCUT2D eigenvalue weighted by Crippen LogP contribution is 2.12. The fraction of sp³-hybridized carbons (Fsp3) is 0.850. The van der Waals surface area contributed by atoms with Gasteiger partial charge in [0.25, 0.3) is 0 Å². The molecule has 24 heavy (non-hydrogen) atoms. The molecule has 4 nitrogen and oxygen atoms in total. The van der Waals surface area contributed by atoms with Crippen molar-refractivity contribution in [3.05, 3.63) is 12.2 Å². The molecule has 0 saturated carbocycles. The largest absolute Gasteiger partial charge is 0.479 e. The molecule has 0 bridgehead atoms. The lowest BCUT2D eigenvalue weighted by molar-refractivity contribution is -0.146. The van der Waals surface area contributed by atoms with E-state index in [0.717, 1.165) is 19.4 Å². The summed E-state index contributed by atoms with van der Waals surface area (Å²) < 4.78 is 5.53. The first kappa shape index (κ1) is 23.1. The van der Waals surface area contributed by atoms with Gasteiger partial charge in [-0.05, 0) is 33.1 Å². The quantitative estimate of drug-likeness (QED) is 0.285. The number of carbonyl (C=O) groups is 1. The third-order valence-corrected chi connectivity index (χ3v) is 4.03. The molecule has 2 N–H and O–H groups in total. The summed E-state index contributed by atoms with van der Waals surface area (Å²) in [6, 6.07) is 0. The third-order valence-electron chi connectivity index (χ3n) is 4.03. The van der Waals surface area contributed by atoms with Gasteiger partial charge in [-0.2, -0.15) is 0 Å². The van der Waals surface area contributed by atoms with Gasteiger partial charge in [0.2, 0.25) is 0 Å². The van der Waals surface area contributed by atoms with Crippen LogP contribution in [0.4, 0.5) is 0 Å². The molecule has 0 aliphatic heterocycles. The van der Waals surface area contributed by atoms with Crippen LogP contribution in [-0.4, -0.2) is 35.0 Å². The van der Waals surface area contributed by atoms with Gasteiger partial charge in [0.05, 0.1) is 6.10 Å². The number of hydrogen-bond acceptors (Lipinski definition) is 3. The molecule has 0 spiro atoms. The minimum atomic E-state index is -1.26. The summed E-state index contributed by atoms with van der Waals surface area (Å²) in [7, 11) is 0. The SMILES string of the molecule is CC(C)OCCCCCCCCCCCCC=CCC(O)C(=O)O. The molecule has 142 valence electrons. The summed E-state index contributed by atoms with van der Waals surface area (Å²) in [5, 5.41) is 17.6. The van der Waals surface area contributed by atoms with Crippen LogP contribution in [0.5, 0.6) is 0 Å². The Morgan fingerprint density at radius 1 is 0.875 bits per heavy atom. The Kier molecular flexibility index (Phi) is 16.4. The van der Waals surface area contributed by atoms with E-state index in [1.54, 1.807) is 6.08 Å². The van der Waals surface area contributed by atoms with Crippen molar-refractivity contribution in [1.82, 2.24) is 0 Å². The monoisotopic (exact) mass is 342 g/mol. The second-order valence-electron chi connectivity index (χ2n) is 6.80. The molecule has 4 heteroatoms. The highest BCUT2D eigenvalue weighted by atomic mass is 16.5. The van der Waals surface area contributed by atoms with E-state index in [1.807, 2.05) is 6.08 Å². The predicted molar refractivity (Wildman–Crippen MR) is 99.3 cm³/mol. The molecule has 0 rings (SSSR count). The maximum atomic E-state index is 10.4. The van der Waals surface area contributed by atoms with Crippen LogP contribution in [-0.2, 0) is 9.53 Å². The molecular formula is C20H38O4. The van der Waals surface area contributed by atoms with Gasteiger partial charge >= 0.3 is 5.97 Å². The zero-order chi connectivity index (χ0) is 18.0. The van der Waals surface area contributed by atoms with Crippen LogP contribution in [0.15, 0.2) is 12.2 Å². The Balaban J connectivity index is 3.15. The second kappa shape index (κ2) is 17.0. The smallest absolute Gasteiger partial charge is 0.332 e. The highest BCUT2D eigenvalue weighted by molar-refractivity contribution is 5.72. The summed E-state index contributed by atoms with van der Waals surface area (Å²) >= 11 is 0. The van der Waals surface area contributed by atoms with Crippen LogP contribution in [0.3, 0.4) is 0 Å². The Morgan fingerprint density at radius 2 is 1.38 bits per heavy atom. The molecule has 0 radical (unpaired) electrons. The Morgan fingerprint density at radius 3 is 1.88 bits per heavy atom. The van der Waals surface area contributed by atoms with Crippen LogP contribution in [0, 0.1) is 0 Å². The van der Waals surface area contributed by atoms with Crippen molar-refractivity contribution in [2.45, 2.75) is 103 Å². The normalized spacial score (nSPS) is 13.0. The maximum Gasteiger partial charge on any atom is 0.332 e. The zero-order valence-corrected chi connectivity index (χ0v) is 15.7. The van der Waals surface area contributed by atoms with E-state index < -0.39 is 12.1 Å².